The fourth-order valence-corrected chi connectivity index (χ4v) is 2.86. The van der Waals surface area contributed by atoms with Crippen molar-refractivity contribution in [3.8, 4) is 0 Å². The van der Waals surface area contributed by atoms with Gasteiger partial charge in [0.25, 0.3) is 0 Å². The van der Waals surface area contributed by atoms with Crippen LogP contribution in [0.1, 0.15) is 22.3 Å². The highest BCUT2D eigenvalue weighted by molar-refractivity contribution is 7.98. The molecular formula is C18H23N3S. The fourth-order valence-electron chi connectivity index (χ4n) is 2.16. The van der Waals surface area contributed by atoms with Gasteiger partial charge in [-0.05, 0) is 67.5 Å². The van der Waals surface area contributed by atoms with Crippen molar-refractivity contribution in [3.05, 3.63) is 58.7 Å². The zero-order chi connectivity index (χ0) is 16.1. The molecule has 0 aliphatic heterocycles. The molecule has 22 heavy (non-hydrogen) atoms. The SMILES string of the molecule is CSc1cc(C)ccc1CN=C(N)Nc1ccc(C)c(C)c1. The van der Waals surface area contributed by atoms with E-state index >= 15 is 0 Å². The number of hydrogen-bond donors (Lipinski definition) is 2. The van der Waals surface area contributed by atoms with Gasteiger partial charge < -0.3 is 11.1 Å². The van der Waals surface area contributed by atoms with Crippen LogP contribution in [0.2, 0.25) is 0 Å². The van der Waals surface area contributed by atoms with E-state index in [-0.39, 0.29) is 0 Å². The van der Waals surface area contributed by atoms with Gasteiger partial charge in [-0.3, -0.25) is 0 Å². The predicted molar refractivity (Wildman–Crippen MR) is 97.8 cm³/mol. The number of aryl methyl sites for hydroxylation is 3. The molecule has 0 aliphatic rings. The molecule has 0 bridgehead atoms. The largest absolute Gasteiger partial charge is 0.370 e. The van der Waals surface area contributed by atoms with E-state index in [1.165, 1.54) is 27.1 Å². The van der Waals surface area contributed by atoms with E-state index in [2.05, 4.69) is 67.7 Å². The molecule has 0 unspecified atom stereocenters. The van der Waals surface area contributed by atoms with Gasteiger partial charge in [0.1, 0.15) is 0 Å². The molecular weight excluding hydrogens is 290 g/mol. The summed E-state index contributed by atoms with van der Waals surface area (Å²) in [4.78, 5) is 5.70. The van der Waals surface area contributed by atoms with Crippen LogP contribution in [0, 0.1) is 20.8 Å². The number of nitrogens with two attached hydrogens (primary N) is 1. The Balaban J connectivity index is 2.08. The summed E-state index contributed by atoms with van der Waals surface area (Å²) in [5.41, 5.74) is 11.9. The molecule has 0 fully saturated rings. The Morgan fingerprint density at radius 1 is 1.09 bits per heavy atom. The van der Waals surface area contributed by atoms with Crippen molar-refractivity contribution in [1.82, 2.24) is 0 Å². The molecule has 116 valence electrons. The van der Waals surface area contributed by atoms with Gasteiger partial charge in [-0.1, -0.05) is 18.2 Å². The van der Waals surface area contributed by atoms with Gasteiger partial charge in [-0.2, -0.15) is 0 Å². The highest BCUT2D eigenvalue weighted by atomic mass is 32.2. The number of nitrogens with one attached hydrogen (secondary N) is 1. The van der Waals surface area contributed by atoms with Crippen LogP contribution in [-0.2, 0) is 6.54 Å². The number of thioether (sulfide) groups is 1. The molecule has 2 aromatic carbocycles. The van der Waals surface area contributed by atoms with Crippen molar-refractivity contribution in [2.75, 3.05) is 11.6 Å². The van der Waals surface area contributed by atoms with Gasteiger partial charge in [0, 0.05) is 10.6 Å². The zero-order valence-corrected chi connectivity index (χ0v) is 14.4. The summed E-state index contributed by atoms with van der Waals surface area (Å²) in [6, 6.07) is 12.6. The Bertz CT molecular complexity index is 693. The minimum absolute atomic E-state index is 0.441. The quantitative estimate of drug-likeness (QED) is 0.504. The Labute approximate surface area is 137 Å². The van der Waals surface area contributed by atoms with E-state index in [4.69, 9.17) is 5.73 Å². The van der Waals surface area contributed by atoms with Crippen LogP contribution >= 0.6 is 11.8 Å². The van der Waals surface area contributed by atoms with E-state index in [9.17, 15) is 0 Å². The minimum atomic E-state index is 0.441. The van der Waals surface area contributed by atoms with Crippen molar-refractivity contribution in [1.29, 1.82) is 0 Å². The van der Waals surface area contributed by atoms with Crippen LogP contribution in [0.4, 0.5) is 5.69 Å². The standard InChI is InChI=1S/C18H23N3S/c1-12-5-7-15(17(9-12)22-4)11-20-18(19)21-16-8-6-13(2)14(3)10-16/h5-10H,11H2,1-4H3,(H3,19,20,21). The van der Waals surface area contributed by atoms with Crippen LogP contribution in [-0.4, -0.2) is 12.2 Å². The lowest BCUT2D eigenvalue weighted by molar-refractivity contribution is 1.02. The van der Waals surface area contributed by atoms with Gasteiger partial charge in [0.15, 0.2) is 5.96 Å². The first kappa shape index (κ1) is 16.4. The first-order valence-electron chi connectivity index (χ1n) is 7.27. The van der Waals surface area contributed by atoms with Crippen molar-refractivity contribution in [2.45, 2.75) is 32.2 Å². The highest BCUT2D eigenvalue weighted by Gasteiger charge is 2.02. The topological polar surface area (TPSA) is 50.4 Å². The Hall–Kier alpha value is -1.94. The average Bonchev–Trinajstić information content (AvgIpc) is 2.49. The summed E-state index contributed by atoms with van der Waals surface area (Å²) >= 11 is 1.74. The summed E-state index contributed by atoms with van der Waals surface area (Å²) in [6.07, 6.45) is 2.08. The molecule has 0 spiro atoms. The number of nitrogens with zero attached hydrogens (tertiary/aromatic N) is 1. The van der Waals surface area contributed by atoms with E-state index in [0.29, 0.717) is 12.5 Å². The van der Waals surface area contributed by atoms with Crippen LogP contribution < -0.4 is 11.1 Å². The summed E-state index contributed by atoms with van der Waals surface area (Å²) in [5.74, 6) is 0.441. The number of hydrogen-bond acceptors (Lipinski definition) is 2. The minimum Gasteiger partial charge on any atom is -0.370 e. The number of benzene rings is 2. The monoisotopic (exact) mass is 313 g/mol. The van der Waals surface area contributed by atoms with Crippen LogP contribution in [0.3, 0.4) is 0 Å². The second kappa shape index (κ2) is 7.36. The lowest BCUT2D eigenvalue weighted by Crippen LogP contribution is -2.22. The lowest BCUT2D eigenvalue weighted by atomic mass is 10.1. The molecule has 4 heteroatoms. The van der Waals surface area contributed by atoms with Gasteiger partial charge in [0.05, 0.1) is 6.54 Å². The highest BCUT2D eigenvalue weighted by Crippen LogP contribution is 2.22. The van der Waals surface area contributed by atoms with Gasteiger partial charge in [-0.15, -0.1) is 11.8 Å². The maximum atomic E-state index is 6.00. The third kappa shape index (κ3) is 4.28. The molecule has 0 aliphatic carbocycles. The van der Waals surface area contributed by atoms with E-state index < -0.39 is 0 Å². The maximum absolute atomic E-state index is 6.00. The summed E-state index contributed by atoms with van der Waals surface area (Å²) in [7, 11) is 0. The second-order valence-corrected chi connectivity index (χ2v) is 6.29. The van der Waals surface area contributed by atoms with Gasteiger partial charge >= 0.3 is 0 Å². The molecule has 3 nitrogen and oxygen atoms in total. The maximum Gasteiger partial charge on any atom is 0.193 e. The molecule has 2 rings (SSSR count). The normalized spacial score (nSPS) is 11.5. The third-order valence-electron chi connectivity index (χ3n) is 3.64. The molecule has 3 N–H and O–H groups in total. The number of guanidine groups is 1. The molecule has 0 heterocycles. The van der Waals surface area contributed by atoms with E-state index in [0.717, 1.165) is 5.69 Å². The Morgan fingerprint density at radius 3 is 2.55 bits per heavy atom. The van der Waals surface area contributed by atoms with E-state index in [1.807, 2.05) is 6.07 Å². The molecule has 0 radical (unpaired) electrons. The first-order valence-corrected chi connectivity index (χ1v) is 8.50. The van der Waals surface area contributed by atoms with Crippen molar-refractivity contribution >= 4 is 23.4 Å². The lowest BCUT2D eigenvalue weighted by Gasteiger charge is -2.09. The third-order valence-corrected chi connectivity index (χ3v) is 4.46. The number of anilines is 1. The van der Waals surface area contributed by atoms with Crippen molar-refractivity contribution in [3.63, 3.8) is 0 Å². The van der Waals surface area contributed by atoms with Gasteiger partial charge in [-0.25, -0.2) is 4.99 Å². The second-order valence-electron chi connectivity index (χ2n) is 5.44. The van der Waals surface area contributed by atoms with Crippen LogP contribution in [0.5, 0.6) is 0 Å². The summed E-state index contributed by atoms with van der Waals surface area (Å²) < 4.78 is 0. The first-order chi connectivity index (χ1) is 10.5. The molecule has 0 aromatic heterocycles. The predicted octanol–water partition coefficient (Wildman–Crippen LogP) is 4.26. The summed E-state index contributed by atoms with van der Waals surface area (Å²) in [5, 5.41) is 3.15. The Kier molecular flexibility index (Phi) is 5.50. The molecule has 0 atom stereocenters. The zero-order valence-electron chi connectivity index (χ0n) is 13.6. The molecule has 0 amide bonds. The fraction of sp³-hybridized carbons (Fsp3) is 0.278. The van der Waals surface area contributed by atoms with Crippen molar-refractivity contribution in [2.24, 2.45) is 10.7 Å². The molecule has 0 saturated carbocycles. The van der Waals surface area contributed by atoms with Crippen LogP contribution in [0.25, 0.3) is 0 Å². The summed E-state index contributed by atoms with van der Waals surface area (Å²) in [6.45, 7) is 6.87. The molecule has 0 saturated heterocycles. The number of aliphatic imine (C=N–C) groups is 1. The van der Waals surface area contributed by atoms with Gasteiger partial charge in [0.2, 0.25) is 0 Å². The van der Waals surface area contributed by atoms with Crippen LogP contribution in [0.15, 0.2) is 46.3 Å². The van der Waals surface area contributed by atoms with E-state index in [1.54, 1.807) is 11.8 Å². The Morgan fingerprint density at radius 2 is 1.86 bits per heavy atom. The average molecular weight is 313 g/mol. The number of rotatable bonds is 4. The smallest absolute Gasteiger partial charge is 0.193 e. The molecule has 2 aromatic rings. The van der Waals surface area contributed by atoms with Crippen molar-refractivity contribution < 1.29 is 0 Å².